The molecular weight excluding hydrogens is 713 g/mol. The number of likely N-dealkylation sites (tertiary alicyclic amines) is 2. The van der Waals surface area contributed by atoms with Crippen LogP contribution in [-0.4, -0.2) is 93.1 Å². The smallest absolute Gasteiger partial charge is 0.407 e. The molecule has 0 radical (unpaired) electrons. The Morgan fingerprint density at radius 2 is 1.45 bits per heavy atom. The summed E-state index contributed by atoms with van der Waals surface area (Å²) >= 11 is 0. The van der Waals surface area contributed by atoms with Gasteiger partial charge in [-0.1, -0.05) is 51.7 Å². The molecule has 294 valence electrons. The Morgan fingerprint density at radius 1 is 0.821 bits per heavy atom. The Bertz CT molecular complexity index is 2180. The third-order valence-corrected chi connectivity index (χ3v) is 11.3. The first-order chi connectivity index (χ1) is 26.9. The van der Waals surface area contributed by atoms with Crippen LogP contribution < -0.4 is 10.6 Å². The molecule has 1 spiro atoms. The van der Waals surface area contributed by atoms with E-state index in [1.165, 1.54) is 14.2 Å². The highest BCUT2D eigenvalue weighted by atomic mass is 16.5. The summed E-state index contributed by atoms with van der Waals surface area (Å²) in [5.41, 5.74) is 5.09. The number of ether oxygens (including phenoxy) is 2. The Labute approximate surface area is 326 Å². The van der Waals surface area contributed by atoms with Crippen molar-refractivity contribution in [3.63, 3.8) is 0 Å². The molecule has 1 aliphatic carbocycles. The minimum absolute atomic E-state index is 0.109. The summed E-state index contributed by atoms with van der Waals surface area (Å²) in [6.07, 6.45) is 5.20. The highest BCUT2D eigenvalue weighted by Gasteiger charge is 2.55. The quantitative estimate of drug-likeness (QED) is 0.154. The molecule has 0 unspecified atom stereocenters. The van der Waals surface area contributed by atoms with Gasteiger partial charge in [0.2, 0.25) is 11.8 Å². The fourth-order valence-corrected chi connectivity index (χ4v) is 7.93. The van der Waals surface area contributed by atoms with Gasteiger partial charge in [0.05, 0.1) is 43.0 Å². The lowest BCUT2D eigenvalue weighted by Gasteiger charge is -2.30. The zero-order chi connectivity index (χ0) is 39.7. The predicted octanol–water partition coefficient (Wildman–Crippen LogP) is 5.83. The van der Waals surface area contributed by atoms with Crippen molar-refractivity contribution in [3.05, 3.63) is 71.4 Å². The molecule has 3 fully saturated rings. The van der Waals surface area contributed by atoms with Crippen molar-refractivity contribution in [2.45, 2.75) is 84.0 Å². The standard InChI is InChI=1S/C42H50N8O6/c1-24(2)34(47-40(53)55-5)38(51)49-19-7-8-32(49)36-43-22-31(46-36)28-14-11-26(12-15-28)9-10-27-13-16-29-30(20-27)45-37(44-29)33-21-42(17-18-42)23-50(33)39(52)35(25(3)4)48-41(54)56-6/h11-16,20,22,24-25,32-35H,7-8,17-19,21,23H2,1-6H3,(H,43,46)(H,44,45)(H,47,53)(H,48,54)/t32-,33-,34-,35-/m0/s1. The van der Waals surface area contributed by atoms with E-state index in [-0.39, 0.29) is 41.1 Å². The van der Waals surface area contributed by atoms with Gasteiger partial charge < -0.3 is 39.9 Å². The lowest BCUT2D eigenvalue weighted by atomic mass is 10.0. The summed E-state index contributed by atoms with van der Waals surface area (Å²) in [5.74, 6) is 7.48. The fourth-order valence-electron chi connectivity index (χ4n) is 7.93. The fraction of sp³-hybridized carbons (Fsp3) is 0.476. The number of alkyl carbamates (subject to hydrolysis) is 2. The summed E-state index contributed by atoms with van der Waals surface area (Å²) in [6, 6.07) is 11.9. The van der Waals surface area contributed by atoms with Crippen molar-refractivity contribution in [1.29, 1.82) is 0 Å². The number of nitrogens with one attached hydrogen (secondary N) is 4. The molecule has 4 atom stereocenters. The maximum absolute atomic E-state index is 13.9. The third kappa shape index (κ3) is 7.94. The van der Waals surface area contributed by atoms with Gasteiger partial charge in [0.1, 0.15) is 23.7 Å². The molecule has 7 rings (SSSR count). The van der Waals surface area contributed by atoms with Crippen LogP contribution in [0.5, 0.6) is 0 Å². The molecule has 1 saturated carbocycles. The van der Waals surface area contributed by atoms with Crippen molar-refractivity contribution in [3.8, 4) is 23.1 Å². The molecule has 4 amide bonds. The number of amides is 4. The van der Waals surface area contributed by atoms with Gasteiger partial charge in [-0.15, -0.1) is 0 Å². The number of nitrogens with zero attached hydrogens (tertiary/aromatic N) is 4. The zero-order valence-corrected chi connectivity index (χ0v) is 32.8. The van der Waals surface area contributed by atoms with Gasteiger partial charge in [0, 0.05) is 36.0 Å². The molecule has 4 heterocycles. The number of hydrogen-bond donors (Lipinski definition) is 4. The minimum atomic E-state index is -0.696. The maximum Gasteiger partial charge on any atom is 0.407 e. The van der Waals surface area contributed by atoms with Crippen LogP contribution in [0.4, 0.5) is 9.59 Å². The molecule has 56 heavy (non-hydrogen) atoms. The Hall–Kier alpha value is -5.84. The second-order valence-electron chi connectivity index (χ2n) is 15.9. The van der Waals surface area contributed by atoms with E-state index in [0.717, 1.165) is 71.3 Å². The van der Waals surface area contributed by atoms with Crippen LogP contribution in [-0.2, 0) is 19.1 Å². The average Bonchev–Trinajstić information content (AvgIpc) is 3.68. The molecule has 2 aromatic heterocycles. The largest absolute Gasteiger partial charge is 0.453 e. The first-order valence-corrected chi connectivity index (χ1v) is 19.4. The molecule has 4 aromatic rings. The maximum atomic E-state index is 13.9. The SMILES string of the molecule is COC(=O)N[C@H](C(=O)N1CCC[C@H]1c1nc(-c2ccc(C#Cc3ccc4[nH]c([C@@H]5CC6(CC6)CN5C(=O)[C@@H](NC(=O)OC)C(C)C)nc4c3)cc2)c[nH]1)C(C)C. The van der Waals surface area contributed by atoms with Crippen LogP contribution in [0.25, 0.3) is 22.3 Å². The number of H-pyrrole nitrogens is 2. The topological polar surface area (TPSA) is 175 Å². The van der Waals surface area contributed by atoms with E-state index in [1.54, 1.807) is 4.90 Å². The van der Waals surface area contributed by atoms with Crippen LogP contribution in [0.1, 0.15) is 94.7 Å². The van der Waals surface area contributed by atoms with E-state index in [2.05, 4.69) is 32.4 Å². The van der Waals surface area contributed by atoms with E-state index in [1.807, 2.05) is 81.3 Å². The van der Waals surface area contributed by atoms with Crippen molar-refractivity contribution in [2.75, 3.05) is 27.3 Å². The molecule has 14 heteroatoms. The first kappa shape index (κ1) is 38.4. The van der Waals surface area contributed by atoms with Crippen LogP contribution in [0.15, 0.2) is 48.7 Å². The van der Waals surface area contributed by atoms with Gasteiger partial charge in [0.15, 0.2) is 0 Å². The molecule has 2 aromatic carbocycles. The minimum Gasteiger partial charge on any atom is -0.453 e. The zero-order valence-electron chi connectivity index (χ0n) is 32.8. The van der Waals surface area contributed by atoms with Gasteiger partial charge in [-0.3, -0.25) is 9.59 Å². The molecule has 14 nitrogen and oxygen atoms in total. The van der Waals surface area contributed by atoms with Crippen molar-refractivity contribution >= 4 is 35.0 Å². The van der Waals surface area contributed by atoms with Gasteiger partial charge >= 0.3 is 12.2 Å². The average molecular weight is 763 g/mol. The molecule has 2 aliphatic heterocycles. The second kappa shape index (κ2) is 15.7. The lowest BCUT2D eigenvalue weighted by Crippen LogP contribution is -2.51. The summed E-state index contributed by atoms with van der Waals surface area (Å²) in [4.78, 5) is 71.6. The number of fused-ring (bicyclic) bond motifs is 1. The van der Waals surface area contributed by atoms with E-state index in [4.69, 9.17) is 19.4 Å². The van der Waals surface area contributed by atoms with Gasteiger partial charge in [0.25, 0.3) is 0 Å². The summed E-state index contributed by atoms with van der Waals surface area (Å²) in [7, 11) is 2.58. The van der Waals surface area contributed by atoms with Crippen molar-refractivity contribution < 1.29 is 28.7 Å². The van der Waals surface area contributed by atoms with E-state index in [0.29, 0.717) is 18.9 Å². The number of hydrogen-bond acceptors (Lipinski definition) is 8. The van der Waals surface area contributed by atoms with Crippen LogP contribution in [0.2, 0.25) is 0 Å². The monoisotopic (exact) mass is 762 g/mol. The summed E-state index contributed by atoms with van der Waals surface area (Å²) in [6.45, 7) is 8.85. The predicted molar refractivity (Wildman–Crippen MR) is 209 cm³/mol. The van der Waals surface area contributed by atoms with E-state index in [9.17, 15) is 19.2 Å². The highest BCUT2D eigenvalue weighted by molar-refractivity contribution is 5.87. The normalized spacial score (nSPS) is 19.5. The first-order valence-electron chi connectivity index (χ1n) is 19.4. The molecule has 2 saturated heterocycles. The molecular formula is C42H50N8O6. The van der Waals surface area contributed by atoms with Crippen LogP contribution in [0.3, 0.4) is 0 Å². The number of methoxy groups -OCH3 is 2. The van der Waals surface area contributed by atoms with Crippen LogP contribution >= 0.6 is 0 Å². The van der Waals surface area contributed by atoms with E-state index < -0.39 is 24.3 Å². The number of carbonyl (C=O) groups is 4. The van der Waals surface area contributed by atoms with E-state index >= 15 is 0 Å². The van der Waals surface area contributed by atoms with Crippen molar-refractivity contribution in [2.24, 2.45) is 17.3 Å². The van der Waals surface area contributed by atoms with Crippen molar-refractivity contribution in [1.82, 2.24) is 40.4 Å². The number of aromatic amines is 2. The highest BCUT2D eigenvalue weighted by Crippen LogP contribution is 2.58. The molecule has 3 aliphatic rings. The number of benzene rings is 2. The number of aromatic nitrogens is 4. The summed E-state index contributed by atoms with van der Waals surface area (Å²) < 4.78 is 9.55. The third-order valence-electron chi connectivity index (χ3n) is 11.3. The second-order valence-corrected chi connectivity index (χ2v) is 15.9. The molecule has 4 N–H and O–H groups in total. The Balaban J connectivity index is 1.03. The van der Waals surface area contributed by atoms with Crippen LogP contribution in [0, 0.1) is 29.1 Å². The number of carbonyl (C=O) groups excluding carboxylic acids is 4. The van der Waals surface area contributed by atoms with Gasteiger partial charge in [-0.25, -0.2) is 19.6 Å². The number of imidazole rings is 2. The Morgan fingerprint density at radius 3 is 2.07 bits per heavy atom. The lowest BCUT2D eigenvalue weighted by molar-refractivity contribution is -0.136. The number of rotatable bonds is 9. The van der Waals surface area contributed by atoms with Gasteiger partial charge in [-0.2, -0.15) is 0 Å². The van der Waals surface area contributed by atoms with Gasteiger partial charge in [-0.05, 0) is 79.7 Å². The summed E-state index contributed by atoms with van der Waals surface area (Å²) in [5, 5.41) is 5.42. The molecule has 0 bridgehead atoms. The Kier molecular flexibility index (Phi) is 10.8.